The zero-order valence-corrected chi connectivity index (χ0v) is 16.1. The van der Waals surface area contributed by atoms with Crippen molar-refractivity contribution in [2.45, 2.75) is 23.1 Å². The van der Waals surface area contributed by atoms with Gasteiger partial charge in [-0.25, -0.2) is 8.42 Å². The van der Waals surface area contributed by atoms with Gasteiger partial charge in [-0.3, -0.25) is 9.59 Å². The van der Waals surface area contributed by atoms with Gasteiger partial charge in [0.15, 0.2) is 0 Å². The first-order valence-electron chi connectivity index (χ1n) is 8.23. The van der Waals surface area contributed by atoms with Crippen LogP contribution in [-0.4, -0.2) is 70.9 Å². The summed E-state index contributed by atoms with van der Waals surface area (Å²) in [5.41, 5.74) is 0. The van der Waals surface area contributed by atoms with Crippen LogP contribution in [0.25, 0.3) is 0 Å². The largest absolute Gasteiger partial charge is 0.346 e. The topological polar surface area (TPSA) is 100 Å². The highest BCUT2D eigenvalue weighted by Gasteiger charge is 2.36. The Labute approximate surface area is 152 Å². The standard InChI is InChI=1S/C15H24N4O4S2/c1-18(2)9-7-16-14(20)15(21)17-11-12-5-3-8-19(12)25(22,23)13-6-4-10-24-13/h4,6,10,12H,3,5,7-9,11H2,1-2H3,(H,16,20)(H,17,21)/p+1/t12-/m0/s1. The molecule has 2 amide bonds. The quantitative estimate of drug-likeness (QED) is 0.483. The lowest BCUT2D eigenvalue weighted by molar-refractivity contribution is -0.856. The lowest BCUT2D eigenvalue weighted by atomic mass is 10.2. The molecule has 10 heteroatoms. The first-order valence-corrected chi connectivity index (χ1v) is 10.5. The van der Waals surface area contributed by atoms with Gasteiger partial charge in [0, 0.05) is 19.1 Å². The smallest absolute Gasteiger partial charge is 0.309 e. The Morgan fingerprint density at radius 2 is 2.04 bits per heavy atom. The number of hydrogen-bond acceptors (Lipinski definition) is 5. The van der Waals surface area contributed by atoms with Crippen molar-refractivity contribution < 1.29 is 22.9 Å². The van der Waals surface area contributed by atoms with Crippen molar-refractivity contribution in [3.8, 4) is 0 Å². The Kier molecular flexibility index (Phi) is 6.94. The molecular formula is C15H25N4O4S2+. The van der Waals surface area contributed by atoms with Gasteiger partial charge in [-0.2, -0.15) is 4.31 Å². The number of nitrogens with one attached hydrogen (secondary N) is 3. The van der Waals surface area contributed by atoms with Crippen molar-refractivity contribution in [1.82, 2.24) is 14.9 Å². The minimum absolute atomic E-state index is 0.135. The van der Waals surface area contributed by atoms with E-state index >= 15 is 0 Å². The van der Waals surface area contributed by atoms with Gasteiger partial charge in [0.25, 0.3) is 10.0 Å². The number of quaternary nitrogens is 1. The molecule has 25 heavy (non-hydrogen) atoms. The molecule has 0 saturated carbocycles. The summed E-state index contributed by atoms with van der Waals surface area (Å²) in [4.78, 5) is 24.8. The van der Waals surface area contributed by atoms with Crippen LogP contribution >= 0.6 is 11.3 Å². The number of sulfonamides is 1. The maximum absolute atomic E-state index is 12.6. The second kappa shape index (κ2) is 8.75. The van der Waals surface area contributed by atoms with E-state index in [1.807, 2.05) is 14.1 Å². The summed E-state index contributed by atoms with van der Waals surface area (Å²) in [5.74, 6) is -1.42. The van der Waals surface area contributed by atoms with Crippen LogP contribution in [0, 0.1) is 0 Å². The van der Waals surface area contributed by atoms with Gasteiger partial charge in [0.2, 0.25) is 0 Å². The molecule has 1 saturated heterocycles. The maximum Gasteiger partial charge on any atom is 0.309 e. The minimum atomic E-state index is -3.54. The molecule has 1 aliphatic rings. The lowest BCUT2D eigenvalue weighted by Crippen LogP contribution is -3.06. The lowest BCUT2D eigenvalue weighted by Gasteiger charge is -2.23. The highest BCUT2D eigenvalue weighted by Crippen LogP contribution is 2.28. The number of thiophene rings is 1. The van der Waals surface area contributed by atoms with Crippen LogP contribution in [0.3, 0.4) is 0 Å². The number of amides is 2. The van der Waals surface area contributed by atoms with Crippen LogP contribution in [0.15, 0.2) is 21.7 Å². The molecule has 3 N–H and O–H groups in total. The maximum atomic E-state index is 12.6. The third kappa shape index (κ3) is 5.24. The summed E-state index contributed by atoms with van der Waals surface area (Å²) in [6.45, 7) is 1.69. The number of hydrogen-bond donors (Lipinski definition) is 3. The van der Waals surface area contributed by atoms with Crippen LogP contribution in [0.5, 0.6) is 0 Å². The SMILES string of the molecule is C[NH+](C)CCNC(=O)C(=O)NC[C@@H]1CCCN1S(=O)(=O)c1cccs1. The van der Waals surface area contributed by atoms with Crippen molar-refractivity contribution in [2.24, 2.45) is 0 Å². The number of carbonyl (C=O) groups is 2. The normalized spacial score (nSPS) is 18.4. The number of rotatable bonds is 7. The van der Waals surface area contributed by atoms with Crippen LogP contribution in [0.4, 0.5) is 0 Å². The summed E-state index contributed by atoms with van der Waals surface area (Å²) in [6, 6.07) is 2.95. The fourth-order valence-electron chi connectivity index (χ4n) is 2.65. The summed E-state index contributed by atoms with van der Waals surface area (Å²) in [6.07, 6.45) is 1.40. The van der Waals surface area contributed by atoms with E-state index in [2.05, 4.69) is 10.6 Å². The molecule has 1 aromatic rings. The van der Waals surface area contributed by atoms with Crippen molar-refractivity contribution in [2.75, 3.05) is 40.3 Å². The molecule has 1 aliphatic heterocycles. The van der Waals surface area contributed by atoms with Crippen LogP contribution in [0.1, 0.15) is 12.8 Å². The molecule has 0 aromatic carbocycles. The van der Waals surface area contributed by atoms with E-state index in [1.54, 1.807) is 17.5 Å². The molecule has 0 spiro atoms. The third-order valence-corrected chi connectivity index (χ3v) is 7.32. The van der Waals surface area contributed by atoms with Crippen LogP contribution in [-0.2, 0) is 19.6 Å². The molecule has 1 atom stereocenters. The summed E-state index contributed by atoms with van der Waals surface area (Å²) >= 11 is 1.18. The molecule has 140 valence electrons. The Bertz CT molecular complexity index is 688. The molecule has 0 radical (unpaired) electrons. The number of nitrogens with zero attached hydrogens (tertiary/aromatic N) is 1. The van der Waals surface area contributed by atoms with E-state index in [-0.39, 0.29) is 12.6 Å². The van der Waals surface area contributed by atoms with Gasteiger partial charge in [0.1, 0.15) is 4.21 Å². The highest BCUT2D eigenvalue weighted by atomic mass is 32.2. The molecule has 1 fully saturated rings. The van der Waals surface area contributed by atoms with Gasteiger partial charge in [-0.1, -0.05) is 6.07 Å². The van der Waals surface area contributed by atoms with Crippen LogP contribution < -0.4 is 15.5 Å². The van der Waals surface area contributed by atoms with Gasteiger partial charge < -0.3 is 15.5 Å². The van der Waals surface area contributed by atoms with Crippen LogP contribution in [0.2, 0.25) is 0 Å². The van der Waals surface area contributed by atoms with E-state index in [9.17, 15) is 18.0 Å². The zero-order valence-electron chi connectivity index (χ0n) is 14.4. The van der Waals surface area contributed by atoms with Crippen molar-refractivity contribution >= 4 is 33.2 Å². The fraction of sp³-hybridized carbons (Fsp3) is 0.600. The first kappa shape index (κ1) is 19.8. The Morgan fingerprint density at radius 1 is 1.32 bits per heavy atom. The molecule has 2 rings (SSSR count). The molecule has 2 heterocycles. The van der Waals surface area contributed by atoms with E-state index in [0.29, 0.717) is 30.3 Å². The van der Waals surface area contributed by atoms with Gasteiger partial charge in [-0.15, -0.1) is 11.3 Å². The molecular weight excluding hydrogens is 364 g/mol. The predicted octanol–water partition coefficient (Wildman–Crippen LogP) is -1.72. The first-order chi connectivity index (χ1) is 11.8. The van der Waals surface area contributed by atoms with Crippen molar-refractivity contribution in [3.63, 3.8) is 0 Å². The molecule has 1 aromatic heterocycles. The van der Waals surface area contributed by atoms with E-state index in [0.717, 1.165) is 6.42 Å². The second-order valence-electron chi connectivity index (χ2n) is 6.27. The van der Waals surface area contributed by atoms with Gasteiger partial charge in [0.05, 0.1) is 27.2 Å². The highest BCUT2D eigenvalue weighted by molar-refractivity contribution is 7.91. The van der Waals surface area contributed by atoms with E-state index in [4.69, 9.17) is 0 Å². The second-order valence-corrected chi connectivity index (χ2v) is 9.33. The Balaban J connectivity index is 1.87. The summed E-state index contributed by atoms with van der Waals surface area (Å²) in [7, 11) is 0.367. The van der Waals surface area contributed by atoms with Crippen molar-refractivity contribution in [1.29, 1.82) is 0 Å². The van der Waals surface area contributed by atoms with E-state index < -0.39 is 21.8 Å². The average Bonchev–Trinajstić information content (AvgIpc) is 3.23. The summed E-state index contributed by atoms with van der Waals surface area (Å²) < 4.78 is 27.0. The third-order valence-electron chi connectivity index (χ3n) is 4.00. The average molecular weight is 390 g/mol. The molecule has 0 unspecified atom stereocenters. The van der Waals surface area contributed by atoms with Crippen molar-refractivity contribution in [3.05, 3.63) is 17.5 Å². The summed E-state index contributed by atoms with van der Waals surface area (Å²) in [5, 5.41) is 6.82. The Morgan fingerprint density at radius 3 is 2.68 bits per heavy atom. The number of carbonyl (C=O) groups excluding carboxylic acids is 2. The van der Waals surface area contributed by atoms with Gasteiger partial charge >= 0.3 is 11.8 Å². The fourth-order valence-corrected chi connectivity index (χ4v) is 5.46. The predicted molar refractivity (Wildman–Crippen MR) is 94.9 cm³/mol. The number of likely N-dealkylation sites (N-methyl/N-ethyl adjacent to an activating group) is 1. The monoisotopic (exact) mass is 389 g/mol. The molecule has 0 bridgehead atoms. The minimum Gasteiger partial charge on any atom is -0.346 e. The van der Waals surface area contributed by atoms with Gasteiger partial charge in [-0.05, 0) is 24.3 Å². The molecule has 0 aliphatic carbocycles. The molecule has 8 nitrogen and oxygen atoms in total. The van der Waals surface area contributed by atoms with E-state index in [1.165, 1.54) is 20.5 Å². The zero-order chi connectivity index (χ0) is 18.4. The Hall–Kier alpha value is -1.49.